The van der Waals surface area contributed by atoms with E-state index in [1.54, 1.807) is 37.6 Å². The molecule has 0 radical (unpaired) electrons. The molecule has 0 atom stereocenters. The molecule has 0 unspecified atom stereocenters. The number of aryl methyl sites for hydroxylation is 1. The fraction of sp³-hybridized carbons (Fsp3) is 0.389. The molecule has 24 heavy (non-hydrogen) atoms. The lowest BCUT2D eigenvalue weighted by atomic mass is 9.92. The van der Waals surface area contributed by atoms with E-state index in [4.69, 9.17) is 4.74 Å². The third-order valence-electron chi connectivity index (χ3n) is 4.27. The Balaban J connectivity index is 1.50. The van der Waals surface area contributed by atoms with E-state index in [1.165, 1.54) is 6.07 Å². The van der Waals surface area contributed by atoms with Gasteiger partial charge < -0.3 is 10.1 Å². The molecule has 1 heterocycles. The number of hydrogen-bond acceptors (Lipinski definition) is 4. The van der Waals surface area contributed by atoms with Crippen molar-refractivity contribution in [3.05, 3.63) is 53.7 Å². The Bertz CT molecular complexity index is 701. The Morgan fingerprint density at radius 2 is 2.04 bits per heavy atom. The molecule has 1 aromatic carbocycles. The number of halogens is 1. The van der Waals surface area contributed by atoms with E-state index in [2.05, 4.69) is 15.3 Å². The summed E-state index contributed by atoms with van der Waals surface area (Å²) in [5, 5.41) is 2.98. The lowest BCUT2D eigenvalue weighted by Gasteiger charge is -2.29. The molecule has 0 spiro atoms. The molecule has 1 fully saturated rings. The van der Waals surface area contributed by atoms with E-state index in [-0.39, 0.29) is 23.9 Å². The summed E-state index contributed by atoms with van der Waals surface area (Å²) in [6.45, 7) is 1.68. The van der Waals surface area contributed by atoms with Crippen LogP contribution in [0.1, 0.15) is 41.6 Å². The Hall–Kier alpha value is -2.50. The number of benzene rings is 1. The number of nitrogens with one attached hydrogen (secondary N) is 1. The van der Waals surface area contributed by atoms with E-state index in [9.17, 15) is 9.18 Å². The predicted molar refractivity (Wildman–Crippen MR) is 87.3 cm³/mol. The molecule has 0 saturated heterocycles. The first kappa shape index (κ1) is 16.4. The third kappa shape index (κ3) is 4.07. The van der Waals surface area contributed by atoms with Crippen LogP contribution in [0.15, 0.2) is 36.8 Å². The van der Waals surface area contributed by atoms with Crippen LogP contribution in [-0.4, -0.2) is 28.0 Å². The van der Waals surface area contributed by atoms with Gasteiger partial charge in [0.15, 0.2) is 0 Å². The van der Waals surface area contributed by atoms with Crippen molar-refractivity contribution in [2.45, 2.75) is 44.8 Å². The lowest BCUT2D eigenvalue weighted by molar-refractivity contribution is 0.0889. The smallest absolute Gasteiger partial charge is 0.251 e. The molecule has 1 aromatic heterocycles. The maximum absolute atomic E-state index is 13.6. The lowest BCUT2D eigenvalue weighted by Crippen LogP contribution is -2.39. The molecule has 0 bridgehead atoms. The zero-order valence-corrected chi connectivity index (χ0v) is 13.5. The largest absolute Gasteiger partial charge is 0.473 e. The first-order valence-corrected chi connectivity index (χ1v) is 8.11. The third-order valence-corrected chi connectivity index (χ3v) is 4.27. The summed E-state index contributed by atoms with van der Waals surface area (Å²) in [5.74, 6) is -0.0592. The van der Waals surface area contributed by atoms with Gasteiger partial charge in [-0.15, -0.1) is 0 Å². The maximum Gasteiger partial charge on any atom is 0.251 e. The summed E-state index contributed by atoms with van der Waals surface area (Å²) in [5.41, 5.74) is 0.893. The average molecular weight is 329 g/mol. The number of nitrogens with zero attached hydrogens (tertiary/aromatic N) is 2. The first-order valence-electron chi connectivity index (χ1n) is 8.11. The second-order valence-corrected chi connectivity index (χ2v) is 6.07. The number of carbonyl (C=O) groups excluding carboxylic acids is 1. The van der Waals surface area contributed by atoms with Crippen LogP contribution in [-0.2, 0) is 0 Å². The molecular weight excluding hydrogens is 309 g/mol. The molecule has 1 amide bonds. The molecule has 126 valence electrons. The molecule has 2 aromatic rings. The summed E-state index contributed by atoms with van der Waals surface area (Å²) in [6.07, 6.45) is 8.21. The van der Waals surface area contributed by atoms with Crippen molar-refractivity contribution in [1.29, 1.82) is 0 Å². The number of rotatable bonds is 4. The SMILES string of the molecule is Cc1ccc(C(=O)NC2CCC(Oc3cnccn3)CC2)cc1F. The van der Waals surface area contributed by atoms with Gasteiger partial charge in [-0.25, -0.2) is 9.37 Å². The van der Waals surface area contributed by atoms with Crippen LogP contribution in [0, 0.1) is 12.7 Å². The van der Waals surface area contributed by atoms with Gasteiger partial charge in [-0.1, -0.05) is 6.07 Å². The van der Waals surface area contributed by atoms with Gasteiger partial charge in [0, 0.05) is 24.0 Å². The van der Waals surface area contributed by atoms with Crippen molar-refractivity contribution in [1.82, 2.24) is 15.3 Å². The molecule has 6 heteroatoms. The minimum absolute atomic E-state index is 0.0866. The predicted octanol–water partition coefficient (Wildman–Crippen LogP) is 3.04. The monoisotopic (exact) mass is 329 g/mol. The van der Waals surface area contributed by atoms with Gasteiger partial charge in [-0.2, -0.15) is 0 Å². The highest BCUT2D eigenvalue weighted by Gasteiger charge is 2.24. The number of hydrogen-bond donors (Lipinski definition) is 1. The van der Waals surface area contributed by atoms with Gasteiger partial charge in [-0.3, -0.25) is 9.78 Å². The van der Waals surface area contributed by atoms with Gasteiger partial charge >= 0.3 is 0 Å². The summed E-state index contributed by atoms with van der Waals surface area (Å²) in [7, 11) is 0. The Kier molecular flexibility index (Phi) is 5.03. The van der Waals surface area contributed by atoms with E-state index in [0.717, 1.165) is 25.7 Å². The fourth-order valence-electron chi connectivity index (χ4n) is 2.84. The number of ether oxygens (including phenoxy) is 1. The topological polar surface area (TPSA) is 64.1 Å². The van der Waals surface area contributed by atoms with Gasteiger partial charge in [-0.05, 0) is 50.3 Å². The van der Waals surface area contributed by atoms with Crippen LogP contribution in [0.4, 0.5) is 4.39 Å². The van der Waals surface area contributed by atoms with Gasteiger partial charge in [0.25, 0.3) is 5.91 Å². The van der Waals surface area contributed by atoms with Crippen LogP contribution in [0.5, 0.6) is 5.88 Å². The van der Waals surface area contributed by atoms with Crippen molar-refractivity contribution in [2.75, 3.05) is 0 Å². The Labute approximate surface area is 140 Å². The normalized spacial score (nSPS) is 20.4. The summed E-state index contributed by atoms with van der Waals surface area (Å²) in [4.78, 5) is 20.3. The summed E-state index contributed by atoms with van der Waals surface area (Å²) < 4.78 is 19.4. The molecule has 3 rings (SSSR count). The highest BCUT2D eigenvalue weighted by Crippen LogP contribution is 2.23. The number of aromatic nitrogens is 2. The molecule has 0 aliphatic heterocycles. The second-order valence-electron chi connectivity index (χ2n) is 6.07. The van der Waals surface area contributed by atoms with Crippen molar-refractivity contribution >= 4 is 5.91 Å². The van der Waals surface area contributed by atoms with Crippen molar-refractivity contribution in [3.63, 3.8) is 0 Å². The van der Waals surface area contributed by atoms with Crippen molar-refractivity contribution in [2.24, 2.45) is 0 Å². The average Bonchev–Trinajstić information content (AvgIpc) is 2.60. The molecule has 1 saturated carbocycles. The van der Waals surface area contributed by atoms with Crippen molar-refractivity contribution in [3.8, 4) is 5.88 Å². The van der Waals surface area contributed by atoms with E-state index in [1.807, 2.05) is 0 Å². The van der Waals surface area contributed by atoms with Gasteiger partial charge in [0.05, 0.1) is 6.20 Å². The first-order chi connectivity index (χ1) is 11.6. The molecular formula is C18H20FN3O2. The highest BCUT2D eigenvalue weighted by atomic mass is 19.1. The van der Waals surface area contributed by atoms with Gasteiger partial charge in [0.1, 0.15) is 11.9 Å². The van der Waals surface area contributed by atoms with Crippen LogP contribution in [0.3, 0.4) is 0 Å². The molecule has 1 aliphatic carbocycles. The van der Waals surface area contributed by atoms with Crippen LogP contribution >= 0.6 is 0 Å². The van der Waals surface area contributed by atoms with Gasteiger partial charge in [0.2, 0.25) is 5.88 Å². The summed E-state index contributed by atoms with van der Waals surface area (Å²) in [6, 6.07) is 4.64. The van der Waals surface area contributed by atoms with Crippen molar-refractivity contribution < 1.29 is 13.9 Å². The zero-order chi connectivity index (χ0) is 16.9. The van der Waals surface area contributed by atoms with Crippen LogP contribution < -0.4 is 10.1 Å². The molecule has 1 N–H and O–H groups in total. The number of carbonyl (C=O) groups is 1. The summed E-state index contributed by atoms with van der Waals surface area (Å²) >= 11 is 0. The van der Waals surface area contributed by atoms with E-state index >= 15 is 0 Å². The quantitative estimate of drug-likeness (QED) is 0.936. The Morgan fingerprint density at radius 3 is 2.71 bits per heavy atom. The minimum atomic E-state index is -0.358. The second kappa shape index (κ2) is 7.38. The highest BCUT2D eigenvalue weighted by molar-refractivity contribution is 5.94. The standard InChI is InChI=1S/C18H20FN3O2/c1-12-2-3-13(10-16(12)19)18(23)22-14-4-6-15(7-5-14)24-17-11-20-8-9-21-17/h2-3,8-11,14-15H,4-7H2,1H3,(H,22,23). The number of amides is 1. The van der Waals surface area contributed by atoms with E-state index in [0.29, 0.717) is 17.0 Å². The van der Waals surface area contributed by atoms with E-state index < -0.39 is 0 Å². The Morgan fingerprint density at radius 1 is 1.25 bits per heavy atom. The maximum atomic E-state index is 13.6. The fourth-order valence-corrected chi connectivity index (χ4v) is 2.84. The van der Waals surface area contributed by atoms with Crippen LogP contribution in [0.2, 0.25) is 0 Å². The zero-order valence-electron chi connectivity index (χ0n) is 13.5. The van der Waals surface area contributed by atoms with Crippen LogP contribution in [0.25, 0.3) is 0 Å². The molecule has 1 aliphatic rings. The molecule has 5 nitrogen and oxygen atoms in total. The minimum Gasteiger partial charge on any atom is -0.473 e.